The molecule has 43 heavy (non-hydrogen) atoms. The quantitative estimate of drug-likeness (QED) is 0.134. The third-order valence-corrected chi connectivity index (χ3v) is 7.64. The highest BCUT2D eigenvalue weighted by Crippen LogP contribution is 2.31. The lowest BCUT2D eigenvalue weighted by atomic mass is 9.84. The zero-order valence-electron chi connectivity index (χ0n) is 24.9. The number of ether oxygens (including phenoxy) is 1. The molecule has 4 aromatic rings. The number of carbonyl (C=O) groups excluding carboxylic acids is 3. The third kappa shape index (κ3) is 6.28. The molecular weight excluding hydrogens is 540 g/mol. The molecule has 2 aromatic heterocycles. The molecule has 0 radical (unpaired) electrons. The SMILES string of the molecule is CC(C)c1nccn1CCOC(=O)C(C)(C)c1ccc(NC(=O)C(=O)c2c(-c3ccccc3)cc3n2CC=CC=C3)cc1. The van der Waals surface area contributed by atoms with Gasteiger partial charge in [0.05, 0.1) is 12.0 Å². The highest BCUT2D eigenvalue weighted by Gasteiger charge is 2.32. The molecule has 0 saturated carbocycles. The van der Waals surface area contributed by atoms with Gasteiger partial charge in [-0.1, -0.05) is 74.5 Å². The molecule has 220 valence electrons. The number of esters is 1. The van der Waals surface area contributed by atoms with Crippen molar-refractivity contribution < 1.29 is 19.1 Å². The minimum absolute atomic E-state index is 0.231. The van der Waals surface area contributed by atoms with Crippen molar-refractivity contribution in [3.8, 4) is 11.1 Å². The van der Waals surface area contributed by atoms with E-state index < -0.39 is 17.1 Å². The number of hydrogen-bond acceptors (Lipinski definition) is 5. The first-order chi connectivity index (χ1) is 20.7. The summed E-state index contributed by atoms with van der Waals surface area (Å²) in [5, 5.41) is 2.74. The van der Waals surface area contributed by atoms with E-state index in [0.29, 0.717) is 30.0 Å². The van der Waals surface area contributed by atoms with Crippen molar-refractivity contribution >= 4 is 29.4 Å². The summed E-state index contributed by atoms with van der Waals surface area (Å²) in [4.78, 5) is 44.2. The van der Waals surface area contributed by atoms with Crippen LogP contribution in [0.15, 0.2) is 91.3 Å². The van der Waals surface area contributed by atoms with Crippen LogP contribution in [0.4, 0.5) is 5.69 Å². The van der Waals surface area contributed by atoms with Crippen LogP contribution in [0.1, 0.15) is 61.2 Å². The second kappa shape index (κ2) is 12.5. The number of amides is 1. The smallest absolute Gasteiger partial charge is 0.316 e. The number of Topliss-reactive ketones (excluding diaryl/α,β-unsaturated/α-hetero) is 1. The van der Waals surface area contributed by atoms with Gasteiger partial charge < -0.3 is 19.2 Å². The van der Waals surface area contributed by atoms with E-state index in [9.17, 15) is 14.4 Å². The Balaban J connectivity index is 1.27. The summed E-state index contributed by atoms with van der Waals surface area (Å²) >= 11 is 0. The second-order valence-corrected chi connectivity index (χ2v) is 11.4. The number of imidazole rings is 1. The van der Waals surface area contributed by atoms with Crippen LogP contribution in [-0.2, 0) is 32.8 Å². The number of rotatable bonds is 10. The molecule has 8 nitrogen and oxygen atoms in total. The fourth-order valence-electron chi connectivity index (χ4n) is 5.20. The number of allylic oxidation sites excluding steroid dienone is 3. The van der Waals surface area contributed by atoms with Crippen molar-refractivity contribution in [1.82, 2.24) is 14.1 Å². The van der Waals surface area contributed by atoms with E-state index in [2.05, 4.69) is 24.1 Å². The van der Waals surface area contributed by atoms with Gasteiger partial charge in [-0.3, -0.25) is 14.4 Å². The monoisotopic (exact) mass is 576 g/mol. The summed E-state index contributed by atoms with van der Waals surface area (Å²) in [6.07, 6.45) is 11.3. The van der Waals surface area contributed by atoms with Gasteiger partial charge >= 0.3 is 5.97 Å². The summed E-state index contributed by atoms with van der Waals surface area (Å²) < 4.78 is 9.48. The van der Waals surface area contributed by atoms with E-state index in [-0.39, 0.29) is 18.5 Å². The van der Waals surface area contributed by atoms with Crippen LogP contribution in [0.5, 0.6) is 0 Å². The Morgan fingerprint density at radius 3 is 2.49 bits per heavy atom. The summed E-state index contributed by atoms with van der Waals surface area (Å²) in [5.41, 5.74) is 3.03. The Morgan fingerprint density at radius 1 is 1.02 bits per heavy atom. The Bertz CT molecular complexity index is 1690. The normalized spacial score (nSPS) is 12.6. The van der Waals surface area contributed by atoms with Crippen LogP contribution in [-0.4, -0.2) is 38.4 Å². The summed E-state index contributed by atoms with van der Waals surface area (Å²) in [6.45, 7) is 8.98. The molecule has 1 aliphatic heterocycles. The molecule has 0 fully saturated rings. The van der Waals surface area contributed by atoms with Crippen LogP contribution in [0.2, 0.25) is 0 Å². The molecule has 1 aliphatic rings. The van der Waals surface area contributed by atoms with Crippen molar-refractivity contribution in [3.05, 3.63) is 114 Å². The number of hydrogen-bond donors (Lipinski definition) is 1. The minimum Gasteiger partial charge on any atom is -0.463 e. The Labute approximate surface area is 251 Å². The van der Waals surface area contributed by atoms with E-state index in [4.69, 9.17) is 4.74 Å². The van der Waals surface area contributed by atoms with E-state index >= 15 is 0 Å². The lowest BCUT2D eigenvalue weighted by molar-refractivity contribution is -0.149. The summed E-state index contributed by atoms with van der Waals surface area (Å²) in [6, 6.07) is 18.4. The van der Waals surface area contributed by atoms with Gasteiger partial charge in [-0.25, -0.2) is 4.98 Å². The van der Waals surface area contributed by atoms with Gasteiger partial charge in [0.2, 0.25) is 0 Å². The fraction of sp³-hybridized carbons (Fsp3) is 0.257. The number of carbonyl (C=O) groups is 3. The standard InChI is InChI=1S/C35H36N4O4/c1-24(2)32-36-18-20-38(32)21-22-43-34(42)35(3,4)26-14-16-27(17-15-26)37-33(41)31(40)30-29(25-11-7-5-8-12-25)23-28-13-9-6-10-19-39(28)30/h5-18,20,23-24H,19,21-22H2,1-4H3,(H,37,41). The zero-order chi connectivity index (χ0) is 30.6. The van der Waals surface area contributed by atoms with Crippen molar-refractivity contribution in [1.29, 1.82) is 0 Å². The Hall–Kier alpha value is -4.98. The molecule has 1 amide bonds. The zero-order valence-corrected chi connectivity index (χ0v) is 24.9. The number of fused-ring (bicyclic) bond motifs is 1. The lowest BCUT2D eigenvalue weighted by Gasteiger charge is -2.23. The average molecular weight is 577 g/mol. The van der Waals surface area contributed by atoms with E-state index in [1.807, 2.05) is 76.0 Å². The predicted molar refractivity (Wildman–Crippen MR) is 168 cm³/mol. The second-order valence-electron chi connectivity index (χ2n) is 11.4. The molecule has 3 heterocycles. The van der Waals surface area contributed by atoms with Crippen molar-refractivity contribution in [2.75, 3.05) is 11.9 Å². The van der Waals surface area contributed by atoms with E-state index in [1.165, 1.54) is 0 Å². The van der Waals surface area contributed by atoms with Crippen molar-refractivity contribution in [2.45, 2.75) is 52.1 Å². The molecule has 0 unspecified atom stereocenters. The Morgan fingerprint density at radius 2 is 1.77 bits per heavy atom. The first-order valence-corrected chi connectivity index (χ1v) is 14.4. The van der Waals surface area contributed by atoms with Gasteiger partial charge in [-0.15, -0.1) is 0 Å². The van der Waals surface area contributed by atoms with Crippen molar-refractivity contribution in [3.63, 3.8) is 0 Å². The number of aromatic nitrogens is 3. The number of ketones is 1. The molecule has 0 aliphatic carbocycles. The molecule has 8 heteroatoms. The average Bonchev–Trinajstić information content (AvgIpc) is 3.55. The van der Waals surface area contributed by atoms with Crippen LogP contribution in [0.25, 0.3) is 17.2 Å². The van der Waals surface area contributed by atoms with Crippen LogP contribution in [0, 0.1) is 0 Å². The third-order valence-electron chi connectivity index (χ3n) is 7.64. The molecule has 0 spiro atoms. The molecular formula is C35H36N4O4. The maximum absolute atomic E-state index is 13.6. The number of nitrogens with zero attached hydrogens (tertiary/aromatic N) is 3. The number of nitrogens with one attached hydrogen (secondary N) is 1. The molecule has 0 saturated heterocycles. The maximum atomic E-state index is 13.6. The fourth-order valence-corrected chi connectivity index (χ4v) is 5.20. The largest absolute Gasteiger partial charge is 0.463 e. The van der Waals surface area contributed by atoms with Crippen LogP contribution >= 0.6 is 0 Å². The summed E-state index contributed by atoms with van der Waals surface area (Å²) in [5.74, 6) is -0.489. The van der Waals surface area contributed by atoms with Gasteiger partial charge in [0.25, 0.3) is 11.7 Å². The van der Waals surface area contributed by atoms with Gasteiger partial charge in [0.1, 0.15) is 18.1 Å². The number of anilines is 1. The van der Waals surface area contributed by atoms with Crippen LogP contribution < -0.4 is 5.32 Å². The maximum Gasteiger partial charge on any atom is 0.316 e. The Kier molecular flexibility index (Phi) is 8.57. The van der Waals surface area contributed by atoms with Crippen molar-refractivity contribution in [2.24, 2.45) is 0 Å². The van der Waals surface area contributed by atoms with Crippen LogP contribution in [0.3, 0.4) is 0 Å². The molecule has 0 bridgehead atoms. The predicted octanol–water partition coefficient (Wildman–Crippen LogP) is 6.40. The van der Waals surface area contributed by atoms with Gasteiger partial charge in [-0.05, 0) is 49.2 Å². The summed E-state index contributed by atoms with van der Waals surface area (Å²) in [7, 11) is 0. The first-order valence-electron chi connectivity index (χ1n) is 14.4. The minimum atomic E-state index is -0.913. The lowest BCUT2D eigenvalue weighted by Crippen LogP contribution is -2.32. The van der Waals surface area contributed by atoms with Gasteiger partial charge in [0, 0.05) is 41.8 Å². The first kappa shape index (κ1) is 29.5. The highest BCUT2D eigenvalue weighted by molar-refractivity contribution is 6.47. The van der Waals surface area contributed by atoms with E-state index in [0.717, 1.165) is 22.6 Å². The molecule has 5 rings (SSSR count). The highest BCUT2D eigenvalue weighted by atomic mass is 16.5. The molecule has 2 aromatic carbocycles. The van der Waals surface area contributed by atoms with E-state index in [1.54, 1.807) is 44.3 Å². The van der Waals surface area contributed by atoms with Gasteiger partial charge in [0.15, 0.2) is 0 Å². The molecule has 0 atom stereocenters. The number of benzene rings is 2. The topological polar surface area (TPSA) is 95.2 Å². The molecule has 1 N–H and O–H groups in total. The van der Waals surface area contributed by atoms with Gasteiger partial charge in [-0.2, -0.15) is 0 Å².